The Morgan fingerprint density at radius 1 is 1.00 bits per heavy atom. The summed E-state index contributed by atoms with van der Waals surface area (Å²) in [5, 5.41) is 17.5. The lowest BCUT2D eigenvalue weighted by Gasteiger charge is -2.08. The number of amidine groups is 1. The van der Waals surface area contributed by atoms with Crippen LogP contribution in [0.5, 0.6) is 0 Å². The van der Waals surface area contributed by atoms with Gasteiger partial charge in [-0.2, -0.15) is 5.26 Å². The maximum Gasteiger partial charge on any atom is 0.135 e. The SMILES string of the molecule is N#C/C(C(=N)N)=C(/N)c1ccc2ccc(-c3ccccc3)nc2c1. The van der Waals surface area contributed by atoms with Crippen LogP contribution in [-0.4, -0.2) is 10.8 Å². The quantitative estimate of drug-likeness (QED) is 0.392. The van der Waals surface area contributed by atoms with Crippen LogP contribution in [0, 0.1) is 16.7 Å². The molecular weight excluding hydrogens is 298 g/mol. The van der Waals surface area contributed by atoms with Crippen molar-refractivity contribution in [2.75, 3.05) is 0 Å². The minimum absolute atomic E-state index is 0.0337. The Balaban J connectivity index is 2.14. The first kappa shape index (κ1) is 15.3. The molecule has 0 unspecified atom stereocenters. The van der Waals surface area contributed by atoms with Crippen molar-refractivity contribution in [3.05, 3.63) is 71.8 Å². The van der Waals surface area contributed by atoms with Gasteiger partial charge in [0.2, 0.25) is 0 Å². The molecule has 1 aromatic heterocycles. The number of hydrogen-bond acceptors (Lipinski definition) is 4. The van der Waals surface area contributed by atoms with Gasteiger partial charge in [0, 0.05) is 16.5 Å². The molecule has 0 aliphatic carbocycles. The Morgan fingerprint density at radius 2 is 1.71 bits per heavy atom. The third-order valence-corrected chi connectivity index (χ3v) is 3.72. The van der Waals surface area contributed by atoms with E-state index in [1.807, 2.05) is 54.6 Å². The first-order valence-electron chi connectivity index (χ1n) is 7.31. The van der Waals surface area contributed by atoms with Crippen molar-refractivity contribution in [1.29, 1.82) is 10.7 Å². The molecule has 116 valence electrons. The molecule has 0 saturated carbocycles. The molecule has 0 fully saturated rings. The molecule has 3 rings (SSSR count). The summed E-state index contributed by atoms with van der Waals surface area (Å²) in [6.07, 6.45) is 0. The van der Waals surface area contributed by atoms with E-state index < -0.39 is 0 Å². The van der Waals surface area contributed by atoms with Crippen molar-refractivity contribution < 1.29 is 0 Å². The van der Waals surface area contributed by atoms with Crippen molar-refractivity contribution in [3.63, 3.8) is 0 Å². The Hall–Kier alpha value is -3.65. The number of pyridine rings is 1. The Bertz CT molecular complexity index is 997. The minimum atomic E-state index is -0.346. The van der Waals surface area contributed by atoms with Crippen molar-refractivity contribution >= 4 is 22.4 Å². The highest BCUT2D eigenvalue weighted by Gasteiger charge is 2.10. The average Bonchev–Trinajstić information content (AvgIpc) is 2.61. The minimum Gasteiger partial charge on any atom is -0.397 e. The highest BCUT2D eigenvalue weighted by atomic mass is 14.7. The van der Waals surface area contributed by atoms with Gasteiger partial charge in [-0.05, 0) is 12.1 Å². The van der Waals surface area contributed by atoms with E-state index >= 15 is 0 Å². The summed E-state index contributed by atoms with van der Waals surface area (Å²) in [5.74, 6) is -0.346. The predicted octanol–water partition coefficient (Wildman–Crippen LogP) is 3.03. The summed E-state index contributed by atoms with van der Waals surface area (Å²) >= 11 is 0. The van der Waals surface area contributed by atoms with E-state index in [0.717, 1.165) is 22.2 Å². The fraction of sp³-hybridized carbons (Fsp3) is 0. The van der Waals surface area contributed by atoms with Gasteiger partial charge in [0.25, 0.3) is 0 Å². The van der Waals surface area contributed by atoms with Gasteiger partial charge in [-0.15, -0.1) is 0 Å². The number of benzene rings is 2. The first-order chi connectivity index (χ1) is 11.6. The van der Waals surface area contributed by atoms with Crippen molar-refractivity contribution in [1.82, 2.24) is 4.98 Å². The highest BCUT2D eigenvalue weighted by Crippen LogP contribution is 2.23. The second kappa shape index (κ2) is 6.23. The van der Waals surface area contributed by atoms with E-state index in [9.17, 15) is 0 Å². The molecule has 0 radical (unpaired) electrons. The summed E-state index contributed by atoms with van der Waals surface area (Å²) in [6.45, 7) is 0. The summed E-state index contributed by atoms with van der Waals surface area (Å²) in [4.78, 5) is 4.67. The van der Waals surface area contributed by atoms with Crippen LogP contribution < -0.4 is 11.5 Å². The molecular formula is C19H15N5. The van der Waals surface area contributed by atoms with E-state index in [2.05, 4.69) is 4.98 Å². The number of rotatable bonds is 3. The largest absolute Gasteiger partial charge is 0.397 e. The van der Waals surface area contributed by atoms with Crippen molar-refractivity contribution in [3.8, 4) is 17.3 Å². The molecule has 5 N–H and O–H groups in total. The number of hydrogen-bond donors (Lipinski definition) is 3. The van der Waals surface area contributed by atoms with Gasteiger partial charge < -0.3 is 11.5 Å². The smallest absolute Gasteiger partial charge is 0.135 e. The monoisotopic (exact) mass is 313 g/mol. The summed E-state index contributed by atoms with van der Waals surface area (Å²) in [7, 11) is 0. The Morgan fingerprint density at radius 3 is 2.38 bits per heavy atom. The molecule has 0 amide bonds. The van der Waals surface area contributed by atoms with E-state index in [0.29, 0.717) is 5.56 Å². The molecule has 0 aliphatic rings. The van der Waals surface area contributed by atoms with Gasteiger partial charge >= 0.3 is 0 Å². The van der Waals surface area contributed by atoms with Crippen LogP contribution in [-0.2, 0) is 0 Å². The Labute approximate surface area is 139 Å². The van der Waals surface area contributed by atoms with Gasteiger partial charge in [0.1, 0.15) is 17.5 Å². The van der Waals surface area contributed by atoms with E-state index in [4.69, 9.17) is 22.1 Å². The molecule has 5 heteroatoms. The maximum atomic E-state index is 9.11. The van der Waals surface area contributed by atoms with E-state index in [-0.39, 0.29) is 17.1 Å². The third-order valence-electron chi connectivity index (χ3n) is 3.72. The van der Waals surface area contributed by atoms with Crippen molar-refractivity contribution in [2.24, 2.45) is 11.5 Å². The van der Waals surface area contributed by atoms with Crippen LogP contribution in [0.3, 0.4) is 0 Å². The third kappa shape index (κ3) is 2.81. The standard InChI is InChI=1S/C19H15N5/c20-11-15(19(22)23)18(21)14-7-6-13-8-9-16(24-17(13)10-14)12-4-2-1-3-5-12/h1-10H,21H2,(H3,22,23)/b18-15-. The van der Waals surface area contributed by atoms with Crippen LogP contribution in [0.2, 0.25) is 0 Å². The normalized spacial score (nSPS) is 11.6. The number of nitriles is 1. The van der Waals surface area contributed by atoms with Gasteiger partial charge in [-0.25, -0.2) is 4.98 Å². The predicted molar refractivity (Wildman–Crippen MR) is 95.8 cm³/mol. The zero-order chi connectivity index (χ0) is 17.1. The van der Waals surface area contributed by atoms with E-state index in [1.165, 1.54) is 0 Å². The molecule has 0 atom stereocenters. The van der Waals surface area contributed by atoms with E-state index in [1.54, 1.807) is 12.1 Å². The molecule has 0 bridgehead atoms. The Kier molecular flexibility index (Phi) is 3.96. The molecule has 0 spiro atoms. The molecule has 5 nitrogen and oxygen atoms in total. The second-order valence-electron chi connectivity index (χ2n) is 5.28. The van der Waals surface area contributed by atoms with Gasteiger partial charge in [-0.1, -0.05) is 48.5 Å². The number of nitrogens with zero attached hydrogens (tertiary/aromatic N) is 2. The van der Waals surface area contributed by atoms with Gasteiger partial charge in [0.05, 0.1) is 16.9 Å². The number of nitrogens with two attached hydrogens (primary N) is 2. The summed E-state index contributed by atoms with van der Waals surface area (Å²) < 4.78 is 0. The molecule has 0 saturated heterocycles. The van der Waals surface area contributed by atoms with Crippen molar-refractivity contribution in [2.45, 2.75) is 0 Å². The van der Waals surface area contributed by atoms with Crippen LogP contribution in [0.1, 0.15) is 5.56 Å². The first-order valence-corrected chi connectivity index (χ1v) is 7.31. The molecule has 3 aromatic rings. The second-order valence-corrected chi connectivity index (χ2v) is 5.28. The van der Waals surface area contributed by atoms with Crippen LogP contribution in [0.4, 0.5) is 0 Å². The van der Waals surface area contributed by atoms with Gasteiger partial charge in [-0.3, -0.25) is 5.41 Å². The number of fused-ring (bicyclic) bond motifs is 1. The average molecular weight is 313 g/mol. The summed E-state index contributed by atoms with van der Waals surface area (Å²) in [6, 6.07) is 21.2. The topological polar surface area (TPSA) is 113 Å². The lowest BCUT2D eigenvalue weighted by molar-refractivity contribution is 1.38. The lowest BCUT2D eigenvalue weighted by Crippen LogP contribution is -2.16. The fourth-order valence-electron chi connectivity index (χ4n) is 2.46. The zero-order valence-corrected chi connectivity index (χ0v) is 12.8. The maximum absolute atomic E-state index is 9.11. The lowest BCUT2D eigenvalue weighted by atomic mass is 10.0. The van der Waals surface area contributed by atoms with Crippen LogP contribution in [0.15, 0.2) is 66.2 Å². The zero-order valence-electron chi connectivity index (χ0n) is 12.8. The highest BCUT2D eigenvalue weighted by molar-refractivity contribution is 6.05. The summed E-state index contributed by atoms with van der Waals surface area (Å²) in [5.41, 5.74) is 14.8. The fourth-order valence-corrected chi connectivity index (χ4v) is 2.46. The number of aromatic nitrogens is 1. The molecule has 1 heterocycles. The molecule has 2 aromatic carbocycles. The van der Waals surface area contributed by atoms with Crippen LogP contribution >= 0.6 is 0 Å². The number of nitrogens with one attached hydrogen (secondary N) is 1. The van der Waals surface area contributed by atoms with Crippen LogP contribution in [0.25, 0.3) is 27.9 Å². The van der Waals surface area contributed by atoms with Gasteiger partial charge in [0.15, 0.2) is 0 Å². The molecule has 24 heavy (non-hydrogen) atoms. The molecule has 0 aliphatic heterocycles.